The van der Waals surface area contributed by atoms with E-state index in [-0.39, 0.29) is 13.2 Å². The molecule has 0 amide bonds. The summed E-state index contributed by atoms with van der Waals surface area (Å²) in [5.41, 5.74) is 35.4. The SMILES string of the molecule is CCN(c1ccc(N=C2C=C3CCCN=C3C=C2N)cc1)C(C)C.C[N+](C)(C)C1CCN(c2ccc(N=C3C=C4CCCN=C4C=C3N)cc2)C1.NC1=CC2=NCCCC2=CC1=Nc1c(OCCO)nn2ccccc12. The minimum Gasteiger partial charge on any atom is -0.473 e. The van der Waals surface area contributed by atoms with E-state index in [0.29, 0.717) is 46.5 Å². The van der Waals surface area contributed by atoms with Gasteiger partial charge in [0.1, 0.15) is 12.6 Å². The number of quaternary nitrogens is 1. The van der Waals surface area contributed by atoms with E-state index in [1.165, 1.54) is 28.9 Å². The number of allylic oxidation sites excluding steroid dienone is 9. The maximum Gasteiger partial charge on any atom is 0.260 e. The normalized spacial score (nSPS) is 20.7. The number of aromatic nitrogens is 2. The zero-order chi connectivity index (χ0) is 53.3. The standard InChI is InChI=1S/C22H30N5.C20H26N4.C18H19N5O2/c1-27(2,3)19-10-12-26(15-19)18-8-6-17(7-9-18)25-22-13-16-5-4-11-24-21(16)14-20(22)23;1-4-24(14(2)3)17-9-7-16(8-10-17)23-20-12-15-6-5-11-22-19(15)13-18(20)21;19-13-11-14-12(4-3-6-20-14)10-15(13)21-17-16-5-1-2-7-23(16)22-18(17)25-9-8-24/h6-9,13-14,19H,4-5,10-12,15,23H2,1-3H3;7-10,12-14H,4-6,11,21H2,1-3H3;1-2,5,7,10-11,24H,3-4,6,8-9,19H2/q+1;;. The van der Waals surface area contributed by atoms with E-state index >= 15 is 0 Å². The van der Waals surface area contributed by atoms with Crippen molar-refractivity contribution in [3.8, 4) is 5.88 Å². The molecule has 4 aliphatic heterocycles. The number of nitrogens with two attached hydrogens (primary N) is 3. The van der Waals surface area contributed by atoms with Gasteiger partial charge in [-0.15, -0.1) is 5.10 Å². The highest BCUT2D eigenvalue weighted by Gasteiger charge is 2.32. The Hall–Kier alpha value is -7.69. The minimum atomic E-state index is -0.0875. The molecule has 1 atom stereocenters. The first-order valence-electron chi connectivity index (χ1n) is 26.9. The average Bonchev–Trinajstić information content (AvgIpc) is 4.07. The predicted octanol–water partition coefficient (Wildman–Crippen LogP) is 8.87. The molecule has 1 saturated heterocycles. The van der Waals surface area contributed by atoms with Crippen molar-refractivity contribution in [3.05, 3.63) is 143 Å². The van der Waals surface area contributed by atoms with Gasteiger partial charge in [0.2, 0.25) is 0 Å². The zero-order valence-electron chi connectivity index (χ0n) is 45.2. The summed E-state index contributed by atoms with van der Waals surface area (Å²) in [6.45, 7) is 12.5. The molecular weight excluding hydrogens is 949 g/mol. The van der Waals surface area contributed by atoms with Crippen molar-refractivity contribution in [1.29, 1.82) is 0 Å². The van der Waals surface area contributed by atoms with Crippen molar-refractivity contribution in [1.82, 2.24) is 9.61 Å². The molecule has 1 unspecified atom stereocenters. The van der Waals surface area contributed by atoms with E-state index in [9.17, 15) is 0 Å². The van der Waals surface area contributed by atoms with Gasteiger partial charge in [0.25, 0.3) is 5.88 Å². The summed E-state index contributed by atoms with van der Waals surface area (Å²) in [6, 6.07) is 23.8. The Morgan fingerprint density at radius 2 is 1.21 bits per heavy atom. The average molecular weight is 1020 g/mol. The summed E-state index contributed by atoms with van der Waals surface area (Å²) in [7, 11) is 6.85. The lowest BCUT2D eigenvalue weighted by Crippen LogP contribution is -2.46. The molecular formula is C60H75N14O2+. The molecule has 76 heavy (non-hydrogen) atoms. The first-order valence-corrected chi connectivity index (χ1v) is 26.9. The number of fused-ring (bicyclic) bond motifs is 4. The van der Waals surface area contributed by atoms with Crippen LogP contribution in [0, 0.1) is 0 Å². The Balaban J connectivity index is 0.000000140. The number of benzene rings is 2. The number of pyridine rings is 1. The van der Waals surface area contributed by atoms with Crippen molar-refractivity contribution in [2.45, 2.75) is 77.8 Å². The smallest absolute Gasteiger partial charge is 0.260 e. The van der Waals surface area contributed by atoms with E-state index in [1.807, 2.05) is 48.7 Å². The second kappa shape index (κ2) is 23.9. The molecule has 3 aliphatic carbocycles. The molecule has 7 N–H and O–H groups in total. The van der Waals surface area contributed by atoms with Crippen LogP contribution < -0.4 is 31.7 Å². The van der Waals surface area contributed by atoms with Gasteiger partial charge >= 0.3 is 0 Å². The van der Waals surface area contributed by atoms with Crippen LogP contribution in [-0.4, -0.2) is 139 Å². The molecule has 2 aromatic heterocycles. The molecule has 0 radical (unpaired) electrons. The van der Waals surface area contributed by atoms with Crippen LogP contribution in [0.25, 0.3) is 5.52 Å². The maximum absolute atomic E-state index is 9.04. The molecule has 0 bridgehead atoms. The number of hydrogen-bond acceptors (Lipinski definition) is 14. The molecule has 11 rings (SSSR count). The zero-order valence-corrected chi connectivity index (χ0v) is 45.2. The predicted molar refractivity (Wildman–Crippen MR) is 314 cm³/mol. The van der Waals surface area contributed by atoms with Gasteiger partial charge in [0, 0.05) is 62.8 Å². The van der Waals surface area contributed by atoms with Crippen molar-refractivity contribution in [2.75, 3.05) is 83.4 Å². The van der Waals surface area contributed by atoms with Crippen LogP contribution in [-0.2, 0) is 0 Å². The lowest BCUT2D eigenvalue weighted by molar-refractivity contribution is -0.893. The van der Waals surface area contributed by atoms with Crippen LogP contribution in [0.2, 0.25) is 0 Å². The number of rotatable bonds is 11. The number of anilines is 2. The second-order valence-corrected chi connectivity index (χ2v) is 21.1. The largest absolute Gasteiger partial charge is 0.473 e. The molecule has 16 nitrogen and oxygen atoms in total. The maximum atomic E-state index is 9.04. The Kier molecular flexibility index (Phi) is 16.7. The van der Waals surface area contributed by atoms with E-state index in [1.54, 1.807) is 4.52 Å². The molecule has 1 fully saturated rings. The summed E-state index contributed by atoms with van der Waals surface area (Å²) in [5.74, 6) is 0.377. The molecule has 396 valence electrons. The summed E-state index contributed by atoms with van der Waals surface area (Å²) in [4.78, 5) is 32.7. The number of hydrogen-bond donors (Lipinski definition) is 4. The fourth-order valence-corrected chi connectivity index (χ4v) is 10.3. The number of aliphatic hydroxyl groups excluding tert-OH is 1. The number of nitrogens with zero attached hydrogens (tertiary/aromatic N) is 11. The third-order valence-corrected chi connectivity index (χ3v) is 14.5. The number of likely N-dealkylation sites (N-methyl/N-ethyl adjacent to an activating group) is 1. The first-order chi connectivity index (χ1) is 36.7. The Morgan fingerprint density at radius 1 is 0.697 bits per heavy atom. The fraction of sp³-hybridized carbons (Fsp3) is 0.383. The van der Waals surface area contributed by atoms with Gasteiger partial charge in [0.15, 0.2) is 5.69 Å². The molecule has 0 saturated carbocycles. The fourth-order valence-electron chi connectivity index (χ4n) is 10.3. The van der Waals surface area contributed by atoms with Crippen molar-refractivity contribution >= 4 is 68.2 Å². The molecule has 7 aliphatic rings. The van der Waals surface area contributed by atoms with Crippen molar-refractivity contribution in [3.63, 3.8) is 0 Å². The Labute approximate surface area is 447 Å². The molecule has 6 heterocycles. The number of ether oxygens (including phenoxy) is 1. The van der Waals surface area contributed by atoms with Crippen LogP contribution in [0.5, 0.6) is 5.88 Å². The van der Waals surface area contributed by atoms with Crippen LogP contribution in [0.15, 0.2) is 173 Å². The second-order valence-electron chi connectivity index (χ2n) is 21.1. The van der Waals surface area contributed by atoms with Gasteiger partial charge in [-0.1, -0.05) is 6.07 Å². The van der Waals surface area contributed by atoms with E-state index in [0.717, 1.165) is 133 Å². The Bertz CT molecular complexity index is 3170. The van der Waals surface area contributed by atoms with Gasteiger partial charge < -0.3 is 41.3 Å². The van der Waals surface area contributed by atoms with Crippen LogP contribution in [0.3, 0.4) is 0 Å². The van der Waals surface area contributed by atoms with Crippen LogP contribution >= 0.6 is 0 Å². The summed E-state index contributed by atoms with van der Waals surface area (Å²) < 4.78 is 8.29. The summed E-state index contributed by atoms with van der Waals surface area (Å²) in [5, 5.41) is 13.4. The summed E-state index contributed by atoms with van der Waals surface area (Å²) >= 11 is 0. The van der Waals surface area contributed by atoms with Gasteiger partial charge in [-0.3, -0.25) is 15.0 Å². The third kappa shape index (κ3) is 12.7. The van der Waals surface area contributed by atoms with Gasteiger partial charge in [-0.2, -0.15) is 0 Å². The van der Waals surface area contributed by atoms with E-state index in [2.05, 4.69) is 132 Å². The van der Waals surface area contributed by atoms with Gasteiger partial charge in [0.05, 0.1) is 103 Å². The van der Waals surface area contributed by atoms with Crippen molar-refractivity contribution in [2.24, 2.45) is 47.2 Å². The number of aliphatic hydroxyl groups is 1. The highest BCUT2D eigenvalue weighted by atomic mass is 16.5. The third-order valence-electron chi connectivity index (χ3n) is 14.5. The lowest BCUT2D eigenvalue weighted by Gasteiger charge is -2.31. The van der Waals surface area contributed by atoms with Crippen LogP contribution in [0.4, 0.5) is 28.4 Å². The molecule has 16 heteroatoms. The molecule has 2 aromatic carbocycles. The minimum absolute atomic E-state index is 0.0875. The van der Waals surface area contributed by atoms with Gasteiger partial charge in [-0.25, -0.2) is 19.5 Å². The molecule has 0 spiro atoms. The first kappa shape index (κ1) is 53.1. The number of aliphatic imine (C=N–C) groups is 6. The molecule has 4 aromatic rings. The quantitative estimate of drug-likeness (QED) is 0.0842. The van der Waals surface area contributed by atoms with Gasteiger partial charge in [-0.05, 0) is 173 Å². The van der Waals surface area contributed by atoms with E-state index in [4.69, 9.17) is 42.0 Å². The Morgan fingerprint density at radius 3 is 1.68 bits per heavy atom. The van der Waals surface area contributed by atoms with Crippen molar-refractivity contribution < 1.29 is 14.3 Å². The highest BCUT2D eigenvalue weighted by molar-refractivity contribution is 6.25. The summed E-state index contributed by atoms with van der Waals surface area (Å²) in [6.07, 6.45) is 21.4. The highest BCUT2D eigenvalue weighted by Crippen LogP contribution is 2.34. The topological polar surface area (TPSA) is 205 Å². The van der Waals surface area contributed by atoms with E-state index < -0.39 is 0 Å². The lowest BCUT2D eigenvalue weighted by atomic mass is 9.94. The van der Waals surface area contributed by atoms with Crippen LogP contribution in [0.1, 0.15) is 65.7 Å². The monoisotopic (exact) mass is 1020 g/mol.